The Morgan fingerprint density at radius 3 is 2.18 bits per heavy atom. The van der Waals surface area contributed by atoms with Crippen molar-refractivity contribution in [1.82, 2.24) is 0 Å². The number of hydrogen-bond donors (Lipinski definition) is 0. The zero-order valence-electron chi connectivity index (χ0n) is 10.6. The topological polar surface area (TPSA) is 40.9 Å². The van der Waals surface area contributed by atoms with Crippen molar-refractivity contribution >= 4 is 5.78 Å². The van der Waals surface area contributed by atoms with Crippen molar-refractivity contribution in [1.29, 1.82) is 5.26 Å². The van der Waals surface area contributed by atoms with Crippen molar-refractivity contribution < 1.29 is 4.79 Å². The summed E-state index contributed by atoms with van der Waals surface area (Å²) in [5, 5.41) is 9.25. The predicted octanol–water partition coefficient (Wildman–Crippen LogP) is 3.03. The number of carbonyl (C=O) groups excluding carboxylic acids is 1. The van der Waals surface area contributed by atoms with Gasteiger partial charge in [-0.1, -0.05) is 17.7 Å². The van der Waals surface area contributed by atoms with Gasteiger partial charge in [0.2, 0.25) is 0 Å². The normalized spacial score (nSPS) is 17.4. The minimum atomic E-state index is -0.429. The van der Waals surface area contributed by atoms with Crippen LogP contribution in [0.5, 0.6) is 0 Å². The standard InChI is InChI=1S/C15H17NO/c1-10-4-11(2)14(12(3)5-10)8-15(9-16)6-13(17)7-15/h4-5H,6-8H2,1-3H3. The highest BCUT2D eigenvalue weighted by atomic mass is 16.1. The van der Waals surface area contributed by atoms with Gasteiger partial charge in [-0.15, -0.1) is 0 Å². The Balaban J connectivity index is 2.31. The first-order valence-corrected chi connectivity index (χ1v) is 5.95. The van der Waals surface area contributed by atoms with Gasteiger partial charge in [0.1, 0.15) is 5.78 Å². The zero-order chi connectivity index (χ0) is 12.6. The number of aryl methyl sites for hydroxylation is 3. The van der Waals surface area contributed by atoms with E-state index in [-0.39, 0.29) is 5.78 Å². The molecule has 0 saturated heterocycles. The van der Waals surface area contributed by atoms with Gasteiger partial charge in [-0.2, -0.15) is 5.26 Å². The van der Waals surface area contributed by atoms with Gasteiger partial charge in [0.25, 0.3) is 0 Å². The molecule has 0 amide bonds. The van der Waals surface area contributed by atoms with E-state index in [1.165, 1.54) is 22.3 Å². The van der Waals surface area contributed by atoms with Crippen LogP contribution < -0.4 is 0 Å². The van der Waals surface area contributed by atoms with Gasteiger partial charge < -0.3 is 0 Å². The first-order chi connectivity index (χ1) is 7.96. The van der Waals surface area contributed by atoms with Crippen molar-refractivity contribution in [2.75, 3.05) is 0 Å². The third-order valence-corrected chi connectivity index (χ3v) is 3.66. The average molecular weight is 227 g/mol. The molecule has 0 heterocycles. The fraction of sp³-hybridized carbons (Fsp3) is 0.467. The monoisotopic (exact) mass is 227 g/mol. The summed E-state index contributed by atoms with van der Waals surface area (Å²) in [4.78, 5) is 11.1. The molecule has 2 rings (SSSR count). The molecule has 1 saturated carbocycles. The number of hydrogen-bond acceptors (Lipinski definition) is 2. The minimum absolute atomic E-state index is 0.217. The highest BCUT2D eigenvalue weighted by molar-refractivity contribution is 5.87. The van der Waals surface area contributed by atoms with Gasteiger partial charge in [-0.05, 0) is 43.9 Å². The fourth-order valence-corrected chi connectivity index (χ4v) is 2.77. The van der Waals surface area contributed by atoms with Crippen molar-refractivity contribution in [3.63, 3.8) is 0 Å². The van der Waals surface area contributed by atoms with E-state index < -0.39 is 5.41 Å². The van der Waals surface area contributed by atoms with Crippen LogP contribution in [0.25, 0.3) is 0 Å². The highest BCUT2D eigenvalue weighted by Gasteiger charge is 2.44. The molecule has 2 nitrogen and oxygen atoms in total. The molecule has 0 atom stereocenters. The molecule has 1 fully saturated rings. The van der Waals surface area contributed by atoms with Gasteiger partial charge in [-0.3, -0.25) is 4.79 Å². The molecule has 0 N–H and O–H groups in total. The molecule has 1 aliphatic carbocycles. The predicted molar refractivity (Wildman–Crippen MR) is 66.6 cm³/mol. The Kier molecular flexibility index (Phi) is 2.79. The van der Waals surface area contributed by atoms with Crippen LogP contribution in [0.4, 0.5) is 0 Å². The lowest BCUT2D eigenvalue weighted by molar-refractivity contribution is -0.129. The second kappa shape index (κ2) is 4.00. The lowest BCUT2D eigenvalue weighted by Gasteiger charge is -2.34. The number of benzene rings is 1. The van der Waals surface area contributed by atoms with Crippen LogP contribution >= 0.6 is 0 Å². The Morgan fingerprint density at radius 1 is 1.24 bits per heavy atom. The summed E-state index contributed by atoms with van der Waals surface area (Å²) in [6.07, 6.45) is 1.57. The molecular weight excluding hydrogens is 210 g/mol. The van der Waals surface area contributed by atoms with E-state index in [1.54, 1.807) is 0 Å². The summed E-state index contributed by atoms with van der Waals surface area (Å²) in [5.41, 5.74) is 4.53. The van der Waals surface area contributed by atoms with Gasteiger partial charge in [0.15, 0.2) is 0 Å². The Bertz CT molecular complexity index is 491. The first-order valence-electron chi connectivity index (χ1n) is 5.95. The smallest absolute Gasteiger partial charge is 0.136 e. The summed E-state index contributed by atoms with van der Waals surface area (Å²) >= 11 is 0. The molecule has 0 unspecified atom stereocenters. The number of rotatable bonds is 2. The van der Waals surface area contributed by atoms with Gasteiger partial charge in [0.05, 0.1) is 11.5 Å². The maximum atomic E-state index is 11.1. The van der Waals surface area contributed by atoms with E-state index in [0.717, 1.165) is 0 Å². The minimum Gasteiger partial charge on any atom is -0.300 e. The van der Waals surface area contributed by atoms with E-state index in [4.69, 9.17) is 0 Å². The van der Waals surface area contributed by atoms with Gasteiger partial charge in [-0.25, -0.2) is 0 Å². The van der Waals surface area contributed by atoms with Gasteiger partial charge in [0, 0.05) is 12.8 Å². The third-order valence-electron chi connectivity index (χ3n) is 3.66. The van der Waals surface area contributed by atoms with Crippen LogP contribution in [0.3, 0.4) is 0 Å². The molecule has 0 aliphatic heterocycles. The fourth-order valence-electron chi connectivity index (χ4n) is 2.77. The van der Waals surface area contributed by atoms with E-state index >= 15 is 0 Å². The Hall–Kier alpha value is -1.62. The number of carbonyl (C=O) groups is 1. The van der Waals surface area contributed by atoms with E-state index in [2.05, 4.69) is 39.0 Å². The summed E-state index contributed by atoms with van der Waals surface area (Å²) in [7, 11) is 0. The van der Waals surface area contributed by atoms with Crippen molar-refractivity contribution in [2.24, 2.45) is 5.41 Å². The molecule has 0 aromatic heterocycles. The molecule has 1 aliphatic rings. The molecule has 0 spiro atoms. The highest BCUT2D eigenvalue weighted by Crippen LogP contribution is 2.41. The van der Waals surface area contributed by atoms with Crippen LogP contribution in [0, 0.1) is 37.5 Å². The molecule has 0 radical (unpaired) electrons. The summed E-state index contributed by atoms with van der Waals surface area (Å²) in [6, 6.07) is 6.64. The summed E-state index contributed by atoms with van der Waals surface area (Å²) in [5.74, 6) is 0.217. The summed E-state index contributed by atoms with van der Waals surface area (Å²) < 4.78 is 0. The Labute approximate surface area is 102 Å². The van der Waals surface area contributed by atoms with E-state index in [1.807, 2.05) is 0 Å². The summed E-state index contributed by atoms with van der Waals surface area (Å²) in [6.45, 7) is 6.25. The van der Waals surface area contributed by atoms with Crippen molar-refractivity contribution in [3.05, 3.63) is 34.4 Å². The van der Waals surface area contributed by atoms with Crippen LogP contribution in [0.2, 0.25) is 0 Å². The molecular formula is C15H17NO. The SMILES string of the molecule is Cc1cc(C)c(CC2(C#N)CC(=O)C2)c(C)c1. The number of ketones is 1. The van der Waals surface area contributed by atoms with E-state index in [9.17, 15) is 10.1 Å². The third kappa shape index (κ3) is 2.10. The molecule has 2 heteroatoms. The lowest BCUT2D eigenvalue weighted by atomic mass is 9.65. The quantitative estimate of drug-likeness (QED) is 0.779. The Morgan fingerprint density at radius 2 is 1.76 bits per heavy atom. The number of nitriles is 1. The molecule has 17 heavy (non-hydrogen) atoms. The number of nitrogens with zero attached hydrogens (tertiary/aromatic N) is 1. The van der Waals surface area contributed by atoms with Crippen LogP contribution in [0.15, 0.2) is 12.1 Å². The van der Waals surface area contributed by atoms with Crippen molar-refractivity contribution in [3.8, 4) is 6.07 Å². The molecule has 0 bridgehead atoms. The van der Waals surface area contributed by atoms with Crippen LogP contribution in [-0.2, 0) is 11.2 Å². The second-order valence-corrected chi connectivity index (χ2v) is 5.34. The number of Topliss-reactive ketones (excluding diaryl/α,β-unsaturated/α-hetero) is 1. The maximum absolute atomic E-state index is 11.1. The lowest BCUT2D eigenvalue weighted by Crippen LogP contribution is -2.38. The van der Waals surface area contributed by atoms with Crippen LogP contribution in [0.1, 0.15) is 35.1 Å². The molecule has 88 valence electrons. The zero-order valence-corrected chi connectivity index (χ0v) is 10.6. The first kappa shape index (κ1) is 11.9. The van der Waals surface area contributed by atoms with Crippen molar-refractivity contribution in [2.45, 2.75) is 40.0 Å². The maximum Gasteiger partial charge on any atom is 0.136 e. The van der Waals surface area contributed by atoms with Gasteiger partial charge >= 0.3 is 0 Å². The molecule has 1 aromatic carbocycles. The largest absolute Gasteiger partial charge is 0.300 e. The second-order valence-electron chi connectivity index (χ2n) is 5.34. The average Bonchev–Trinajstić information content (AvgIpc) is 2.20. The molecule has 1 aromatic rings. The van der Waals surface area contributed by atoms with E-state index in [0.29, 0.717) is 19.3 Å². The van der Waals surface area contributed by atoms with Crippen LogP contribution in [-0.4, -0.2) is 5.78 Å².